The summed E-state index contributed by atoms with van der Waals surface area (Å²) in [5, 5.41) is 6.47. The summed E-state index contributed by atoms with van der Waals surface area (Å²) in [6.45, 7) is 2.65. The van der Waals surface area contributed by atoms with Crippen LogP contribution in [0.2, 0.25) is 0 Å². The van der Waals surface area contributed by atoms with Crippen LogP contribution in [0.25, 0.3) is 0 Å². The van der Waals surface area contributed by atoms with E-state index in [1.54, 1.807) is 14.0 Å². The maximum atomic E-state index is 10.9. The van der Waals surface area contributed by atoms with Gasteiger partial charge in [0.2, 0.25) is 5.91 Å². The van der Waals surface area contributed by atoms with E-state index in [-0.39, 0.29) is 5.91 Å². The minimum Gasteiger partial charge on any atom is -0.375 e. The molecule has 1 amide bonds. The van der Waals surface area contributed by atoms with Crippen LogP contribution < -0.4 is 5.32 Å². The van der Waals surface area contributed by atoms with Crippen molar-refractivity contribution in [2.24, 2.45) is 0 Å². The summed E-state index contributed by atoms with van der Waals surface area (Å²) in [6, 6.07) is 0. The fraction of sp³-hybridized carbons (Fsp3) is 0.667. The van der Waals surface area contributed by atoms with Crippen LogP contribution in [0.5, 0.6) is 0 Å². The Labute approximate surface area is 88.0 Å². The van der Waals surface area contributed by atoms with Crippen LogP contribution in [0, 0.1) is 0 Å². The Hall–Kier alpha value is -1.43. The third-order valence-corrected chi connectivity index (χ3v) is 1.77. The molecule has 0 aliphatic carbocycles. The van der Waals surface area contributed by atoms with Gasteiger partial charge in [-0.1, -0.05) is 12.1 Å². The number of nitrogens with zero attached hydrogens (tertiary/aromatic N) is 2. The lowest BCUT2D eigenvalue weighted by atomic mass is 10.4. The molecule has 0 aromatic carbocycles. The fourth-order valence-corrected chi connectivity index (χ4v) is 1.01. The Bertz CT molecular complexity index is 311. The molecule has 1 aromatic heterocycles. The zero-order chi connectivity index (χ0) is 11.1. The van der Waals surface area contributed by atoms with E-state index in [1.807, 2.05) is 0 Å². The number of hydrogen-bond acceptors (Lipinski definition) is 5. The standard InChI is InChI=1S/C9H15N3O3/c1-3-8(13)10-5-4-7-11-9(6-14-2)15-12-7/h3-6H2,1-2H3,(H,10,13). The second-order valence-electron chi connectivity index (χ2n) is 2.99. The molecule has 0 radical (unpaired) electrons. The first kappa shape index (κ1) is 11.6. The Morgan fingerprint density at radius 1 is 1.60 bits per heavy atom. The van der Waals surface area contributed by atoms with Crippen molar-refractivity contribution in [1.29, 1.82) is 0 Å². The molecule has 84 valence electrons. The van der Waals surface area contributed by atoms with Crippen molar-refractivity contribution >= 4 is 5.91 Å². The average Bonchev–Trinajstić information content (AvgIpc) is 2.66. The average molecular weight is 213 g/mol. The molecule has 0 bridgehead atoms. The number of aromatic nitrogens is 2. The highest BCUT2D eigenvalue weighted by atomic mass is 16.5. The Kier molecular flexibility index (Phi) is 4.76. The maximum Gasteiger partial charge on any atom is 0.252 e. The summed E-state index contributed by atoms with van der Waals surface area (Å²) in [7, 11) is 1.56. The topological polar surface area (TPSA) is 77.2 Å². The maximum absolute atomic E-state index is 10.9. The second kappa shape index (κ2) is 6.13. The third kappa shape index (κ3) is 4.07. The quantitative estimate of drug-likeness (QED) is 0.734. The number of carbonyl (C=O) groups excluding carboxylic acids is 1. The summed E-state index contributed by atoms with van der Waals surface area (Å²) < 4.78 is 9.73. The van der Waals surface area contributed by atoms with Gasteiger partial charge in [-0.2, -0.15) is 4.98 Å². The minimum absolute atomic E-state index is 0.0237. The van der Waals surface area contributed by atoms with Crippen LogP contribution in [0.3, 0.4) is 0 Å². The minimum atomic E-state index is 0.0237. The van der Waals surface area contributed by atoms with E-state index in [0.717, 1.165) is 0 Å². The van der Waals surface area contributed by atoms with Gasteiger partial charge in [0.25, 0.3) is 5.89 Å². The van der Waals surface area contributed by atoms with Gasteiger partial charge < -0.3 is 14.6 Å². The molecule has 1 aromatic rings. The van der Waals surface area contributed by atoms with Crippen LogP contribution in [0.15, 0.2) is 4.52 Å². The van der Waals surface area contributed by atoms with Crippen molar-refractivity contribution in [2.45, 2.75) is 26.4 Å². The highest BCUT2D eigenvalue weighted by Gasteiger charge is 2.05. The van der Waals surface area contributed by atoms with E-state index in [4.69, 9.17) is 9.26 Å². The molecular weight excluding hydrogens is 198 g/mol. The van der Waals surface area contributed by atoms with E-state index in [2.05, 4.69) is 15.5 Å². The van der Waals surface area contributed by atoms with Crippen molar-refractivity contribution in [3.05, 3.63) is 11.7 Å². The van der Waals surface area contributed by atoms with Crippen LogP contribution in [0.1, 0.15) is 25.1 Å². The molecule has 0 aliphatic heterocycles. The molecule has 6 heteroatoms. The van der Waals surface area contributed by atoms with E-state index in [1.165, 1.54) is 0 Å². The molecule has 0 saturated carbocycles. The van der Waals surface area contributed by atoms with Gasteiger partial charge >= 0.3 is 0 Å². The van der Waals surface area contributed by atoms with Gasteiger partial charge in [0, 0.05) is 26.5 Å². The number of amides is 1. The predicted molar refractivity (Wildman–Crippen MR) is 52.0 cm³/mol. The Morgan fingerprint density at radius 2 is 2.40 bits per heavy atom. The number of nitrogens with one attached hydrogen (secondary N) is 1. The summed E-state index contributed by atoms with van der Waals surface area (Å²) in [4.78, 5) is 15.0. The highest BCUT2D eigenvalue weighted by Crippen LogP contribution is 1.98. The molecule has 15 heavy (non-hydrogen) atoms. The lowest BCUT2D eigenvalue weighted by Gasteiger charge is -1.99. The van der Waals surface area contributed by atoms with Crippen molar-refractivity contribution in [3.63, 3.8) is 0 Å². The van der Waals surface area contributed by atoms with Crippen LogP contribution in [-0.2, 0) is 22.6 Å². The molecule has 0 spiro atoms. The van der Waals surface area contributed by atoms with E-state index in [9.17, 15) is 4.79 Å². The van der Waals surface area contributed by atoms with Gasteiger partial charge in [-0.3, -0.25) is 4.79 Å². The van der Waals surface area contributed by atoms with Gasteiger partial charge in [0.05, 0.1) is 0 Å². The zero-order valence-corrected chi connectivity index (χ0v) is 8.95. The number of rotatable bonds is 6. The number of carbonyl (C=O) groups is 1. The van der Waals surface area contributed by atoms with Gasteiger partial charge in [-0.05, 0) is 0 Å². The third-order valence-electron chi connectivity index (χ3n) is 1.77. The Morgan fingerprint density at radius 3 is 3.07 bits per heavy atom. The molecule has 0 saturated heterocycles. The summed E-state index contributed by atoms with van der Waals surface area (Å²) in [5.41, 5.74) is 0. The highest BCUT2D eigenvalue weighted by molar-refractivity contribution is 5.75. The van der Waals surface area contributed by atoms with Crippen molar-refractivity contribution in [3.8, 4) is 0 Å². The van der Waals surface area contributed by atoms with Crippen molar-refractivity contribution < 1.29 is 14.1 Å². The molecule has 1 N–H and O–H groups in total. The number of hydrogen-bond donors (Lipinski definition) is 1. The lowest BCUT2D eigenvalue weighted by Crippen LogP contribution is -2.24. The molecule has 0 fully saturated rings. The van der Waals surface area contributed by atoms with Crippen LogP contribution >= 0.6 is 0 Å². The molecule has 6 nitrogen and oxygen atoms in total. The van der Waals surface area contributed by atoms with Gasteiger partial charge in [-0.25, -0.2) is 0 Å². The zero-order valence-electron chi connectivity index (χ0n) is 8.95. The first-order chi connectivity index (χ1) is 7.26. The molecular formula is C9H15N3O3. The fourth-order valence-electron chi connectivity index (χ4n) is 1.01. The summed E-state index contributed by atoms with van der Waals surface area (Å²) in [6.07, 6.45) is 1.06. The SMILES string of the molecule is CCC(=O)NCCc1noc(COC)n1. The first-order valence-electron chi connectivity index (χ1n) is 4.83. The number of ether oxygens (including phenoxy) is 1. The van der Waals surface area contributed by atoms with Crippen LogP contribution in [-0.4, -0.2) is 29.7 Å². The van der Waals surface area contributed by atoms with Gasteiger partial charge in [0.1, 0.15) is 6.61 Å². The van der Waals surface area contributed by atoms with E-state index >= 15 is 0 Å². The normalized spacial score (nSPS) is 10.3. The summed E-state index contributed by atoms with van der Waals surface area (Å²) in [5.74, 6) is 1.06. The second-order valence-corrected chi connectivity index (χ2v) is 2.99. The molecule has 1 rings (SSSR count). The largest absolute Gasteiger partial charge is 0.375 e. The molecule has 0 atom stereocenters. The molecule has 1 heterocycles. The van der Waals surface area contributed by atoms with E-state index in [0.29, 0.717) is 37.7 Å². The Balaban J connectivity index is 2.28. The lowest BCUT2D eigenvalue weighted by molar-refractivity contribution is -0.120. The van der Waals surface area contributed by atoms with Crippen molar-refractivity contribution in [1.82, 2.24) is 15.5 Å². The van der Waals surface area contributed by atoms with Gasteiger partial charge in [-0.15, -0.1) is 0 Å². The molecule has 0 unspecified atom stereocenters. The monoisotopic (exact) mass is 213 g/mol. The van der Waals surface area contributed by atoms with Crippen LogP contribution in [0.4, 0.5) is 0 Å². The van der Waals surface area contributed by atoms with Gasteiger partial charge in [0.15, 0.2) is 5.82 Å². The number of methoxy groups -OCH3 is 1. The smallest absolute Gasteiger partial charge is 0.252 e. The first-order valence-corrected chi connectivity index (χ1v) is 4.83. The molecule has 0 aliphatic rings. The van der Waals surface area contributed by atoms with Crippen molar-refractivity contribution in [2.75, 3.05) is 13.7 Å². The van der Waals surface area contributed by atoms with E-state index < -0.39 is 0 Å². The predicted octanol–water partition coefficient (Wildman–Crippen LogP) is 0.285. The summed E-state index contributed by atoms with van der Waals surface area (Å²) >= 11 is 0.